The number of aliphatic hydroxyl groups excluding tert-OH is 1. The van der Waals surface area contributed by atoms with Gasteiger partial charge in [-0.05, 0) is 42.5 Å². The van der Waals surface area contributed by atoms with Crippen molar-refractivity contribution in [2.75, 3.05) is 6.54 Å². The lowest BCUT2D eigenvalue weighted by Gasteiger charge is -2.11. The molecule has 0 saturated heterocycles. The Bertz CT molecular complexity index is 662. The fraction of sp³-hybridized carbons (Fsp3) is 0.316. The maximum absolute atomic E-state index is 13.1. The molecule has 0 bridgehead atoms. The molecule has 1 atom stereocenters. The minimum atomic E-state index is -0.869. The van der Waals surface area contributed by atoms with Crippen LogP contribution in [0.4, 0.5) is 8.78 Å². The van der Waals surface area contributed by atoms with Gasteiger partial charge in [0.05, 0.1) is 6.10 Å². The lowest BCUT2D eigenvalue weighted by Crippen LogP contribution is -2.25. The largest absolute Gasteiger partial charge is 0.388 e. The van der Waals surface area contributed by atoms with Gasteiger partial charge in [0.1, 0.15) is 0 Å². The molecule has 0 fully saturated rings. The Hall–Kier alpha value is -2.27. The first kappa shape index (κ1) is 18.1. The van der Waals surface area contributed by atoms with Crippen LogP contribution in [-0.2, 0) is 11.2 Å². The van der Waals surface area contributed by atoms with Crippen LogP contribution in [0.2, 0.25) is 0 Å². The standard InChI is InChI=1S/C19H21F2NO2/c20-16-10-9-14(13-17(16)21)5-4-8-19(24)22-12-11-18(23)15-6-2-1-3-7-15/h1-3,6-7,9-10,13,18,23H,4-5,8,11-12H2,(H,22,24). The monoisotopic (exact) mass is 333 g/mol. The summed E-state index contributed by atoms with van der Waals surface area (Å²) in [5.74, 6) is -1.85. The zero-order valence-electron chi connectivity index (χ0n) is 13.3. The molecule has 1 unspecified atom stereocenters. The van der Waals surface area contributed by atoms with E-state index in [1.165, 1.54) is 6.07 Å². The predicted molar refractivity (Wildman–Crippen MR) is 88.3 cm³/mol. The van der Waals surface area contributed by atoms with E-state index in [1.54, 1.807) is 0 Å². The Kier molecular flexibility index (Phi) is 6.88. The van der Waals surface area contributed by atoms with Gasteiger partial charge in [-0.25, -0.2) is 8.78 Å². The van der Waals surface area contributed by atoms with Crippen molar-refractivity contribution in [1.82, 2.24) is 5.32 Å². The van der Waals surface area contributed by atoms with E-state index >= 15 is 0 Å². The van der Waals surface area contributed by atoms with Crippen molar-refractivity contribution in [2.45, 2.75) is 31.8 Å². The zero-order valence-corrected chi connectivity index (χ0v) is 13.3. The third-order valence-electron chi connectivity index (χ3n) is 3.78. The van der Waals surface area contributed by atoms with Crippen molar-refractivity contribution in [1.29, 1.82) is 0 Å². The molecule has 1 amide bonds. The molecule has 0 aliphatic rings. The molecule has 2 N–H and O–H groups in total. The minimum absolute atomic E-state index is 0.113. The Morgan fingerprint density at radius 1 is 1.08 bits per heavy atom. The second-order valence-electron chi connectivity index (χ2n) is 5.67. The SMILES string of the molecule is O=C(CCCc1ccc(F)c(F)c1)NCCC(O)c1ccccc1. The van der Waals surface area contributed by atoms with Gasteiger partial charge in [0.2, 0.25) is 5.91 Å². The Morgan fingerprint density at radius 2 is 1.83 bits per heavy atom. The quantitative estimate of drug-likeness (QED) is 0.776. The number of nitrogens with one attached hydrogen (secondary N) is 1. The van der Waals surface area contributed by atoms with Crippen LogP contribution in [0, 0.1) is 11.6 Å². The van der Waals surface area contributed by atoms with Crippen LogP contribution in [0.3, 0.4) is 0 Å². The van der Waals surface area contributed by atoms with E-state index in [-0.39, 0.29) is 5.91 Å². The highest BCUT2D eigenvalue weighted by atomic mass is 19.2. The van der Waals surface area contributed by atoms with Crippen LogP contribution in [0.25, 0.3) is 0 Å². The second-order valence-corrected chi connectivity index (χ2v) is 5.67. The first-order valence-electron chi connectivity index (χ1n) is 8.00. The highest BCUT2D eigenvalue weighted by molar-refractivity contribution is 5.75. The van der Waals surface area contributed by atoms with Gasteiger partial charge in [-0.3, -0.25) is 4.79 Å². The topological polar surface area (TPSA) is 49.3 Å². The smallest absolute Gasteiger partial charge is 0.220 e. The lowest BCUT2D eigenvalue weighted by atomic mass is 10.1. The highest BCUT2D eigenvalue weighted by Crippen LogP contribution is 2.15. The molecule has 0 spiro atoms. The second kappa shape index (κ2) is 9.13. The molecule has 0 aliphatic carbocycles. The number of benzene rings is 2. The number of hydrogen-bond acceptors (Lipinski definition) is 2. The van der Waals surface area contributed by atoms with E-state index in [0.29, 0.717) is 37.8 Å². The molecule has 5 heteroatoms. The molecule has 0 radical (unpaired) electrons. The van der Waals surface area contributed by atoms with E-state index in [0.717, 1.165) is 17.7 Å². The van der Waals surface area contributed by atoms with E-state index < -0.39 is 17.7 Å². The van der Waals surface area contributed by atoms with Crippen molar-refractivity contribution in [3.05, 3.63) is 71.3 Å². The Labute approximate surface area is 140 Å². The average Bonchev–Trinajstić information content (AvgIpc) is 2.59. The first-order chi connectivity index (χ1) is 11.6. The molecule has 2 aromatic carbocycles. The molecule has 0 aliphatic heterocycles. The molecule has 0 heterocycles. The van der Waals surface area contributed by atoms with Crippen LogP contribution in [-0.4, -0.2) is 17.6 Å². The summed E-state index contributed by atoms with van der Waals surface area (Å²) in [6, 6.07) is 13.0. The van der Waals surface area contributed by atoms with Crippen molar-refractivity contribution in [3.63, 3.8) is 0 Å². The van der Waals surface area contributed by atoms with Gasteiger partial charge in [-0.1, -0.05) is 36.4 Å². The molecule has 3 nitrogen and oxygen atoms in total. The van der Waals surface area contributed by atoms with E-state index in [1.807, 2.05) is 30.3 Å². The molecule has 128 valence electrons. The van der Waals surface area contributed by atoms with Gasteiger partial charge in [0.15, 0.2) is 11.6 Å². The molecule has 0 aromatic heterocycles. The number of carbonyl (C=O) groups is 1. The van der Waals surface area contributed by atoms with E-state index in [4.69, 9.17) is 0 Å². The summed E-state index contributed by atoms with van der Waals surface area (Å²) >= 11 is 0. The van der Waals surface area contributed by atoms with Crippen molar-refractivity contribution in [2.24, 2.45) is 0 Å². The highest BCUT2D eigenvalue weighted by Gasteiger charge is 2.08. The van der Waals surface area contributed by atoms with E-state index in [9.17, 15) is 18.7 Å². The normalized spacial score (nSPS) is 12.0. The minimum Gasteiger partial charge on any atom is -0.388 e. The number of aliphatic hydroxyl groups is 1. The summed E-state index contributed by atoms with van der Waals surface area (Å²) < 4.78 is 25.9. The van der Waals surface area contributed by atoms with Crippen LogP contribution >= 0.6 is 0 Å². The molecule has 2 aromatic rings. The fourth-order valence-electron chi connectivity index (χ4n) is 2.43. The number of carbonyl (C=O) groups excluding carboxylic acids is 1. The fourth-order valence-corrected chi connectivity index (χ4v) is 2.43. The molecular formula is C19H21F2NO2. The summed E-state index contributed by atoms with van der Waals surface area (Å²) in [6.07, 6.45) is 1.21. The van der Waals surface area contributed by atoms with Crippen LogP contribution < -0.4 is 5.32 Å². The maximum Gasteiger partial charge on any atom is 0.220 e. The van der Waals surface area contributed by atoms with Gasteiger partial charge in [-0.2, -0.15) is 0 Å². The first-order valence-corrected chi connectivity index (χ1v) is 8.00. The van der Waals surface area contributed by atoms with Gasteiger partial charge in [-0.15, -0.1) is 0 Å². The lowest BCUT2D eigenvalue weighted by molar-refractivity contribution is -0.121. The number of halogens is 2. The number of hydrogen-bond donors (Lipinski definition) is 2. The third-order valence-corrected chi connectivity index (χ3v) is 3.78. The Balaban J connectivity index is 1.64. The van der Waals surface area contributed by atoms with Gasteiger partial charge in [0.25, 0.3) is 0 Å². The maximum atomic E-state index is 13.1. The Morgan fingerprint density at radius 3 is 2.54 bits per heavy atom. The summed E-state index contributed by atoms with van der Waals surface area (Å²) in [5.41, 5.74) is 1.49. The molecule has 0 saturated carbocycles. The molecule has 2 rings (SSSR count). The van der Waals surface area contributed by atoms with Crippen molar-refractivity contribution in [3.8, 4) is 0 Å². The molecule has 24 heavy (non-hydrogen) atoms. The summed E-state index contributed by atoms with van der Waals surface area (Å²) in [7, 11) is 0. The van der Waals surface area contributed by atoms with Gasteiger partial charge < -0.3 is 10.4 Å². The summed E-state index contributed by atoms with van der Waals surface area (Å²) in [6.45, 7) is 0.389. The number of amides is 1. The summed E-state index contributed by atoms with van der Waals surface area (Å²) in [4.78, 5) is 11.7. The van der Waals surface area contributed by atoms with Gasteiger partial charge >= 0.3 is 0 Å². The van der Waals surface area contributed by atoms with Crippen molar-refractivity contribution < 1.29 is 18.7 Å². The third kappa shape index (κ3) is 5.74. The van der Waals surface area contributed by atoms with Crippen molar-refractivity contribution >= 4 is 5.91 Å². The van der Waals surface area contributed by atoms with Crippen LogP contribution in [0.1, 0.15) is 36.5 Å². The molecular weight excluding hydrogens is 312 g/mol. The number of rotatable bonds is 8. The number of aryl methyl sites for hydroxylation is 1. The predicted octanol–water partition coefficient (Wildman–Crippen LogP) is 3.53. The van der Waals surface area contributed by atoms with Crippen LogP contribution in [0.15, 0.2) is 48.5 Å². The average molecular weight is 333 g/mol. The summed E-state index contributed by atoms with van der Waals surface area (Å²) in [5, 5.41) is 12.7. The zero-order chi connectivity index (χ0) is 17.4. The van der Waals surface area contributed by atoms with E-state index in [2.05, 4.69) is 5.32 Å². The van der Waals surface area contributed by atoms with Gasteiger partial charge in [0, 0.05) is 13.0 Å². The van der Waals surface area contributed by atoms with Crippen LogP contribution in [0.5, 0.6) is 0 Å².